The first-order valence-electron chi connectivity index (χ1n) is 6.85. The first-order valence-corrected chi connectivity index (χ1v) is 8.29. The Hall–Kier alpha value is -1.70. The van der Waals surface area contributed by atoms with E-state index >= 15 is 0 Å². The fourth-order valence-corrected chi connectivity index (χ4v) is 4.31. The molecule has 112 valence electrons. The van der Waals surface area contributed by atoms with Crippen LogP contribution in [0.4, 0.5) is 0 Å². The summed E-state index contributed by atoms with van der Waals surface area (Å²) in [5, 5.41) is 3.64. The molecule has 1 aromatic carbocycles. The van der Waals surface area contributed by atoms with Gasteiger partial charge in [0.1, 0.15) is 0 Å². The van der Waals surface area contributed by atoms with E-state index in [2.05, 4.69) is 5.16 Å². The summed E-state index contributed by atoms with van der Waals surface area (Å²) in [6.45, 7) is 0.855. The van der Waals surface area contributed by atoms with Gasteiger partial charge < -0.3 is 10.3 Å². The second kappa shape index (κ2) is 5.59. The molecular formula is C14H17N3O3S. The Balaban J connectivity index is 2.03. The topological polar surface area (TPSA) is 89.4 Å². The zero-order chi connectivity index (χ0) is 14.9. The van der Waals surface area contributed by atoms with Crippen LogP contribution in [0.25, 0.3) is 11.3 Å². The van der Waals surface area contributed by atoms with Crippen LogP contribution in [0.5, 0.6) is 0 Å². The highest BCUT2D eigenvalue weighted by atomic mass is 32.2. The van der Waals surface area contributed by atoms with Crippen LogP contribution >= 0.6 is 0 Å². The van der Waals surface area contributed by atoms with Crippen molar-refractivity contribution in [3.05, 3.63) is 36.5 Å². The van der Waals surface area contributed by atoms with E-state index in [0.717, 1.165) is 12.8 Å². The third-order valence-electron chi connectivity index (χ3n) is 3.63. The van der Waals surface area contributed by atoms with Gasteiger partial charge in [0, 0.05) is 30.8 Å². The summed E-state index contributed by atoms with van der Waals surface area (Å²) in [4.78, 5) is 0.232. The predicted molar refractivity (Wildman–Crippen MR) is 77.9 cm³/mol. The summed E-state index contributed by atoms with van der Waals surface area (Å²) < 4.78 is 32.3. The summed E-state index contributed by atoms with van der Waals surface area (Å²) in [6.07, 6.45) is 3.14. The standard InChI is InChI=1S/C14H17N3O3S/c15-11-4-3-9-17(10-11)21(18,19)14-6-2-1-5-12(14)13-7-8-16-20-13/h1-2,5-8,11H,3-4,9-10,15H2/t11-/m1/s1. The Bertz CT molecular complexity index is 713. The molecule has 1 fully saturated rings. The molecular weight excluding hydrogens is 290 g/mol. The lowest BCUT2D eigenvalue weighted by Gasteiger charge is -2.30. The molecule has 0 bridgehead atoms. The van der Waals surface area contributed by atoms with Gasteiger partial charge >= 0.3 is 0 Å². The summed E-state index contributed by atoms with van der Waals surface area (Å²) in [7, 11) is -3.59. The van der Waals surface area contributed by atoms with E-state index in [9.17, 15) is 8.42 Å². The summed E-state index contributed by atoms with van der Waals surface area (Å²) in [5.74, 6) is 0.440. The van der Waals surface area contributed by atoms with Gasteiger partial charge in [0.2, 0.25) is 10.0 Å². The number of benzene rings is 1. The Morgan fingerprint density at radius 1 is 1.29 bits per heavy atom. The number of aromatic nitrogens is 1. The first-order chi connectivity index (χ1) is 10.1. The van der Waals surface area contributed by atoms with Gasteiger partial charge in [-0.3, -0.25) is 0 Å². The zero-order valence-electron chi connectivity index (χ0n) is 11.5. The molecule has 7 heteroatoms. The van der Waals surface area contributed by atoms with E-state index in [0.29, 0.717) is 24.4 Å². The average molecular weight is 307 g/mol. The van der Waals surface area contributed by atoms with Gasteiger partial charge in [0.05, 0.1) is 11.1 Å². The minimum atomic E-state index is -3.59. The van der Waals surface area contributed by atoms with Gasteiger partial charge in [-0.1, -0.05) is 17.3 Å². The van der Waals surface area contributed by atoms with E-state index < -0.39 is 10.0 Å². The highest BCUT2D eigenvalue weighted by Crippen LogP contribution is 2.30. The van der Waals surface area contributed by atoms with Crippen LogP contribution in [-0.4, -0.2) is 37.0 Å². The van der Waals surface area contributed by atoms with Gasteiger partial charge in [-0.05, 0) is 25.0 Å². The Kier molecular flexibility index (Phi) is 3.79. The molecule has 1 aromatic heterocycles. The van der Waals surface area contributed by atoms with E-state index in [4.69, 9.17) is 10.3 Å². The van der Waals surface area contributed by atoms with Crippen molar-refractivity contribution in [2.75, 3.05) is 13.1 Å². The molecule has 21 heavy (non-hydrogen) atoms. The van der Waals surface area contributed by atoms with Crippen LogP contribution in [-0.2, 0) is 10.0 Å². The number of piperidine rings is 1. The van der Waals surface area contributed by atoms with Crippen LogP contribution < -0.4 is 5.73 Å². The van der Waals surface area contributed by atoms with Crippen LogP contribution in [0.2, 0.25) is 0 Å². The lowest BCUT2D eigenvalue weighted by atomic mass is 10.1. The minimum Gasteiger partial charge on any atom is -0.356 e. The van der Waals surface area contributed by atoms with Gasteiger partial charge in [-0.25, -0.2) is 8.42 Å². The molecule has 1 aliphatic heterocycles. The van der Waals surface area contributed by atoms with Crippen LogP contribution in [0.3, 0.4) is 0 Å². The maximum absolute atomic E-state index is 12.9. The van der Waals surface area contributed by atoms with E-state index in [1.54, 1.807) is 30.3 Å². The monoisotopic (exact) mass is 307 g/mol. The number of hydrogen-bond acceptors (Lipinski definition) is 5. The van der Waals surface area contributed by atoms with Crippen molar-refractivity contribution in [2.45, 2.75) is 23.8 Å². The first kappa shape index (κ1) is 14.2. The smallest absolute Gasteiger partial charge is 0.243 e. The number of nitrogens with zero attached hydrogens (tertiary/aromatic N) is 2. The molecule has 2 aromatic rings. The van der Waals surface area contributed by atoms with E-state index in [1.807, 2.05) is 0 Å². The zero-order valence-corrected chi connectivity index (χ0v) is 12.3. The molecule has 3 rings (SSSR count). The molecule has 1 saturated heterocycles. The predicted octanol–water partition coefficient (Wildman–Crippen LogP) is 1.45. The van der Waals surface area contributed by atoms with Crippen LogP contribution in [0.15, 0.2) is 45.9 Å². The SMILES string of the molecule is N[C@@H]1CCCN(S(=O)(=O)c2ccccc2-c2ccno2)C1. The Morgan fingerprint density at radius 2 is 2.10 bits per heavy atom. The van der Waals surface area contributed by atoms with Gasteiger partial charge in [-0.15, -0.1) is 0 Å². The molecule has 0 radical (unpaired) electrons. The normalized spacial score (nSPS) is 20.5. The Labute approximate surface area is 123 Å². The number of hydrogen-bond donors (Lipinski definition) is 1. The second-order valence-corrected chi connectivity index (χ2v) is 7.04. The minimum absolute atomic E-state index is 0.106. The molecule has 2 heterocycles. The van der Waals surface area contributed by atoms with Crippen molar-refractivity contribution in [3.63, 3.8) is 0 Å². The second-order valence-electron chi connectivity index (χ2n) is 5.14. The highest BCUT2D eigenvalue weighted by molar-refractivity contribution is 7.89. The van der Waals surface area contributed by atoms with E-state index in [-0.39, 0.29) is 10.9 Å². The summed E-state index contributed by atoms with van der Waals surface area (Å²) in [6, 6.07) is 8.34. The highest BCUT2D eigenvalue weighted by Gasteiger charge is 2.31. The van der Waals surface area contributed by atoms with Crippen molar-refractivity contribution >= 4 is 10.0 Å². The molecule has 0 unspecified atom stereocenters. The average Bonchev–Trinajstić information content (AvgIpc) is 3.01. The van der Waals surface area contributed by atoms with Crippen molar-refractivity contribution in [1.82, 2.24) is 9.46 Å². The fourth-order valence-electron chi connectivity index (χ4n) is 2.58. The number of rotatable bonds is 3. The third kappa shape index (κ3) is 2.72. The van der Waals surface area contributed by atoms with Gasteiger partial charge in [-0.2, -0.15) is 4.31 Å². The van der Waals surface area contributed by atoms with Crippen molar-refractivity contribution in [2.24, 2.45) is 5.73 Å². The lowest BCUT2D eigenvalue weighted by molar-refractivity contribution is 0.316. The molecule has 6 nitrogen and oxygen atoms in total. The molecule has 1 aliphatic rings. The summed E-state index contributed by atoms with van der Waals surface area (Å²) >= 11 is 0. The Morgan fingerprint density at radius 3 is 2.81 bits per heavy atom. The van der Waals surface area contributed by atoms with Crippen LogP contribution in [0.1, 0.15) is 12.8 Å². The van der Waals surface area contributed by atoms with Crippen molar-refractivity contribution < 1.29 is 12.9 Å². The van der Waals surface area contributed by atoms with Gasteiger partial charge in [0.15, 0.2) is 5.76 Å². The fraction of sp³-hybridized carbons (Fsp3) is 0.357. The van der Waals surface area contributed by atoms with Crippen molar-refractivity contribution in [3.8, 4) is 11.3 Å². The molecule has 0 spiro atoms. The number of sulfonamides is 1. The molecule has 0 aliphatic carbocycles. The summed E-state index contributed by atoms with van der Waals surface area (Å²) in [5.41, 5.74) is 6.42. The largest absolute Gasteiger partial charge is 0.356 e. The maximum Gasteiger partial charge on any atom is 0.243 e. The molecule has 0 amide bonds. The maximum atomic E-state index is 12.9. The van der Waals surface area contributed by atoms with Gasteiger partial charge in [0.25, 0.3) is 0 Å². The quantitative estimate of drug-likeness (QED) is 0.927. The number of nitrogens with two attached hydrogens (primary N) is 1. The van der Waals surface area contributed by atoms with E-state index in [1.165, 1.54) is 10.5 Å². The third-order valence-corrected chi connectivity index (χ3v) is 5.55. The lowest BCUT2D eigenvalue weighted by Crippen LogP contribution is -2.45. The molecule has 2 N–H and O–H groups in total. The molecule has 0 saturated carbocycles. The van der Waals surface area contributed by atoms with Crippen molar-refractivity contribution in [1.29, 1.82) is 0 Å². The van der Waals surface area contributed by atoms with Crippen LogP contribution in [0, 0.1) is 0 Å². The molecule has 1 atom stereocenters.